The second kappa shape index (κ2) is 8.44. The molecule has 0 aromatic heterocycles. The van der Waals surface area contributed by atoms with Crippen LogP contribution in [0.1, 0.15) is 77.6 Å². The van der Waals surface area contributed by atoms with Crippen molar-refractivity contribution in [2.24, 2.45) is 17.8 Å². The van der Waals surface area contributed by atoms with Crippen LogP contribution in [-0.4, -0.2) is 36.9 Å². The number of ether oxygens (including phenoxy) is 1. The largest absolute Gasteiger partial charge is 0.496 e. The summed E-state index contributed by atoms with van der Waals surface area (Å²) in [6, 6.07) is 13.2. The van der Waals surface area contributed by atoms with Gasteiger partial charge in [0.2, 0.25) is 0 Å². The number of hydrogen-bond donors (Lipinski definition) is 1. The van der Waals surface area contributed by atoms with Crippen molar-refractivity contribution >= 4 is 17.5 Å². The second-order valence-electron chi connectivity index (χ2n) is 11.1. The normalized spacial score (nSPS) is 29.3. The fraction of sp³-hybridized carbons (Fsp3) is 0.517. The smallest absolute Gasteiger partial charge is 0.255 e. The lowest BCUT2D eigenvalue weighted by atomic mass is 9.48. The predicted molar refractivity (Wildman–Crippen MR) is 132 cm³/mol. The zero-order valence-corrected chi connectivity index (χ0v) is 20.0. The summed E-state index contributed by atoms with van der Waals surface area (Å²) in [5.74, 6) is 3.36. The molecule has 4 bridgehead atoms. The van der Waals surface area contributed by atoms with Crippen LogP contribution in [0.2, 0.25) is 0 Å². The number of methoxy groups -OCH3 is 1. The van der Waals surface area contributed by atoms with Gasteiger partial charge in [-0.2, -0.15) is 0 Å². The molecule has 0 unspecified atom stereocenters. The lowest BCUT2D eigenvalue weighted by Gasteiger charge is -2.57. The number of rotatable bonds is 5. The number of hydrogen-bond acceptors (Lipinski definition) is 3. The molecule has 178 valence electrons. The van der Waals surface area contributed by atoms with E-state index in [1.165, 1.54) is 44.1 Å². The van der Waals surface area contributed by atoms with Gasteiger partial charge < -0.3 is 15.0 Å². The number of amides is 2. The highest BCUT2D eigenvalue weighted by atomic mass is 16.5. The van der Waals surface area contributed by atoms with Crippen LogP contribution in [0.3, 0.4) is 0 Å². The van der Waals surface area contributed by atoms with E-state index in [1.54, 1.807) is 7.11 Å². The van der Waals surface area contributed by atoms with Crippen molar-refractivity contribution in [1.82, 2.24) is 4.90 Å². The minimum atomic E-state index is -0.118. The minimum absolute atomic E-state index is 0.0748. The maximum absolute atomic E-state index is 13.2. The first-order valence-electron chi connectivity index (χ1n) is 12.9. The van der Waals surface area contributed by atoms with Gasteiger partial charge in [0.15, 0.2) is 0 Å². The number of likely N-dealkylation sites (tertiary alicyclic amines) is 1. The highest BCUT2D eigenvalue weighted by Gasteiger charge is 2.52. The van der Waals surface area contributed by atoms with E-state index in [0.717, 1.165) is 49.4 Å². The summed E-state index contributed by atoms with van der Waals surface area (Å²) in [4.78, 5) is 27.7. The van der Waals surface area contributed by atoms with Gasteiger partial charge in [-0.05, 0) is 117 Å². The Morgan fingerprint density at radius 1 is 0.882 bits per heavy atom. The fourth-order valence-corrected chi connectivity index (χ4v) is 7.71. The molecule has 7 rings (SSSR count). The van der Waals surface area contributed by atoms with Gasteiger partial charge in [-0.25, -0.2) is 0 Å². The van der Waals surface area contributed by atoms with Crippen molar-refractivity contribution in [3.63, 3.8) is 0 Å². The topological polar surface area (TPSA) is 58.6 Å². The molecular formula is C29H34N2O3. The van der Waals surface area contributed by atoms with Gasteiger partial charge in [-0.3, -0.25) is 9.59 Å². The highest BCUT2D eigenvalue weighted by Crippen LogP contribution is 2.61. The van der Waals surface area contributed by atoms with Crippen LogP contribution in [0.5, 0.6) is 5.75 Å². The average molecular weight is 459 g/mol. The fourth-order valence-electron chi connectivity index (χ4n) is 7.71. The van der Waals surface area contributed by atoms with Crippen LogP contribution in [0.4, 0.5) is 5.69 Å². The molecule has 2 amide bonds. The monoisotopic (exact) mass is 458 g/mol. The third-order valence-electron chi connectivity index (χ3n) is 8.85. The molecule has 4 aliphatic carbocycles. The molecule has 0 radical (unpaired) electrons. The standard InChI is InChI=1S/C29H34N2O3/c1-34-26-9-6-23(15-25(26)29-16-19-12-20(17-29)14-21(13-19)18-29)27(32)30-24-7-4-22(5-8-24)28(33)31-10-2-3-11-31/h4-9,15,19-21H,2-3,10-14,16-18H2,1H3,(H,30,32). The molecule has 5 aliphatic rings. The predicted octanol–water partition coefficient (Wildman–Crippen LogP) is 5.65. The molecule has 0 spiro atoms. The third kappa shape index (κ3) is 3.79. The molecule has 1 aliphatic heterocycles. The Hall–Kier alpha value is -2.82. The third-order valence-corrected chi connectivity index (χ3v) is 8.85. The summed E-state index contributed by atoms with van der Waals surface area (Å²) >= 11 is 0. The number of carbonyl (C=O) groups excluding carboxylic acids is 2. The number of nitrogens with one attached hydrogen (secondary N) is 1. The maximum Gasteiger partial charge on any atom is 0.255 e. The Morgan fingerprint density at radius 3 is 2.06 bits per heavy atom. The molecule has 4 saturated carbocycles. The summed E-state index contributed by atoms with van der Waals surface area (Å²) in [7, 11) is 1.74. The van der Waals surface area contributed by atoms with E-state index in [2.05, 4.69) is 11.4 Å². The molecule has 5 fully saturated rings. The van der Waals surface area contributed by atoms with Crippen molar-refractivity contribution in [3.8, 4) is 5.75 Å². The summed E-state index contributed by atoms with van der Waals surface area (Å²) in [5, 5.41) is 3.03. The Balaban J connectivity index is 1.21. The molecular weight excluding hydrogens is 424 g/mol. The summed E-state index contributed by atoms with van der Waals surface area (Å²) in [6.45, 7) is 1.67. The number of benzene rings is 2. The molecule has 5 heteroatoms. The Labute approximate surface area is 201 Å². The second-order valence-corrected chi connectivity index (χ2v) is 11.1. The van der Waals surface area contributed by atoms with E-state index in [-0.39, 0.29) is 17.2 Å². The average Bonchev–Trinajstić information content (AvgIpc) is 3.38. The van der Waals surface area contributed by atoms with E-state index in [9.17, 15) is 9.59 Å². The molecule has 2 aromatic carbocycles. The zero-order valence-electron chi connectivity index (χ0n) is 20.0. The number of anilines is 1. The van der Waals surface area contributed by atoms with Crippen LogP contribution >= 0.6 is 0 Å². The first-order chi connectivity index (χ1) is 16.5. The lowest BCUT2D eigenvalue weighted by molar-refractivity contribution is -0.00617. The SMILES string of the molecule is COc1ccc(C(=O)Nc2ccc(C(=O)N3CCCC3)cc2)cc1C12CC3CC(CC(C3)C1)C2. The Morgan fingerprint density at radius 2 is 1.47 bits per heavy atom. The van der Waals surface area contributed by atoms with Gasteiger partial charge in [-0.15, -0.1) is 0 Å². The van der Waals surface area contributed by atoms with E-state index in [0.29, 0.717) is 16.8 Å². The molecule has 34 heavy (non-hydrogen) atoms. The molecule has 1 N–H and O–H groups in total. The summed E-state index contributed by atoms with van der Waals surface area (Å²) in [5.41, 5.74) is 3.44. The molecule has 1 heterocycles. The lowest BCUT2D eigenvalue weighted by Crippen LogP contribution is -2.48. The molecule has 5 nitrogen and oxygen atoms in total. The van der Waals surface area contributed by atoms with Crippen LogP contribution < -0.4 is 10.1 Å². The van der Waals surface area contributed by atoms with Gasteiger partial charge >= 0.3 is 0 Å². The number of carbonyl (C=O) groups is 2. The van der Waals surface area contributed by atoms with Crippen molar-refractivity contribution in [3.05, 3.63) is 59.2 Å². The maximum atomic E-state index is 13.2. The Kier molecular flexibility index (Phi) is 5.39. The Bertz CT molecular complexity index is 1070. The number of nitrogens with zero attached hydrogens (tertiary/aromatic N) is 1. The van der Waals surface area contributed by atoms with Gasteiger partial charge in [-0.1, -0.05) is 0 Å². The van der Waals surface area contributed by atoms with Gasteiger partial charge in [0.1, 0.15) is 5.75 Å². The minimum Gasteiger partial charge on any atom is -0.496 e. The van der Waals surface area contributed by atoms with Gasteiger partial charge in [0.05, 0.1) is 7.11 Å². The molecule has 0 atom stereocenters. The molecule has 1 saturated heterocycles. The van der Waals surface area contributed by atoms with Crippen LogP contribution in [0.15, 0.2) is 42.5 Å². The van der Waals surface area contributed by atoms with Gasteiger partial charge in [0, 0.05) is 35.5 Å². The zero-order chi connectivity index (χ0) is 23.3. The summed E-state index contributed by atoms with van der Waals surface area (Å²) < 4.78 is 5.80. The van der Waals surface area contributed by atoms with Crippen molar-refractivity contribution in [1.29, 1.82) is 0 Å². The van der Waals surface area contributed by atoms with Crippen LogP contribution in [-0.2, 0) is 5.41 Å². The van der Waals surface area contributed by atoms with E-state index < -0.39 is 0 Å². The van der Waals surface area contributed by atoms with Crippen molar-refractivity contribution < 1.29 is 14.3 Å². The van der Waals surface area contributed by atoms with Gasteiger partial charge in [0.25, 0.3) is 11.8 Å². The first kappa shape index (κ1) is 21.7. The highest BCUT2D eigenvalue weighted by molar-refractivity contribution is 6.05. The molecule has 2 aromatic rings. The van der Waals surface area contributed by atoms with Crippen LogP contribution in [0.25, 0.3) is 0 Å². The summed E-state index contributed by atoms with van der Waals surface area (Å²) in [6.07, 6.45) is 10.0. The van der Waals surface area contributed by atoms with Crippen molar-refractivity contribution in [2.75, 3.05) is 25.5 Å². The van der Waals surface area contributed by atoms with E-state index in [4.69, 9.17) is 4.74 Å². The first-order valence-corrected chi connectivity index (χ1v) is 12.9. The van der Waals surface area contributed by atoms with Crippen molar-refractivity contribution in [2.45, 2.75) is 56.8 Å². The van der Waals surface area contributed by atoms with E-state index >= 15 is 0 Å². The quantitative estimate of drug-likeness (QED) is 0.630. The van der Waals surface area contributed by atoms with E-state index in [1.807, 2.05) is 41.3 Å². The van der Waals surface area contributed by atoms with Crippen LogP contribution in [0, 0.1) is 17.8 Å².